The van der Waals surface area contributed by atoms with Crippen LogP contribution in [0.25, 0.3) is 0 Å². The summed E-state index contributed by atoms with van der Waals surface area (Å²) in [5, 5.41) is 0. The third kappa shape index (κ3) is 31.5. The number of halogens is 2. The molecule has 1 heterocycles. The molecule has 0 saturated carbocycles. The Morgan fingerprint density at radius 3 is 1.41 bits per heavy atom. The fourth-order valence-corrected chi connectivity index (χ4v) is 1.04. The molecule has 2 aromatic rings. The molecule has 0 nitrogen and oxygen atoms in total. The van der Waals surface area contributed by atoms with Crippen LogP contribution in [0, 0.1) is 35.5 Å². The Hall–Kier alpha value is 0.593. The quantitative estimate of drug-likeness (QED) is 0.531. The van der Waals surface area contributed by atoms with Gasteiger partial charge < -0.3 is 29.7 Å². The van der Waals surface area contributed by atoms with E-state index in [1.165, 1.54) is 0 Å². The molecule has 17 heavy (non-hydrogen) atoms. The van der Waals surface area contributed by atoms with Crippen molar-refractivity contribution in [3.05, 3.63) is 83.8 Å². The fraction of sp³-hybridized carbons (Fsp3) is 0. The van der Waals surface area contributed by atoms with E-state index in [1.807, 2.05) is 42.5 Å². The minimum Gasteiger partial charge on any atom is -0.358 e. The average molecular weight is 372 g/mol. The van der Waals surface area contributed by atoms with E-state index in [2.05, 4.69) is 11.6 Å². The number of hydrogen-bond donors (Lipinski definition) is 0. The van der Waals surface area contributed by atoms with Crippen molar-refractivity contribution in [3.63, 3.8) is 0 Å². The molecule has 1 aromatic carbocycles. The molecule has 0 amide bonds. The van der Waals surface area contributed by atoms with Gasteiger partial charge in [0.2, 0.25) is 0 Å². The Morgan fingerprint density at radius 2 is 1.29 bits per heavy atom. The molecule has 104 valence electrons. The summed E-state index contributed by atoms with van der Waals surface area (Å²) in [5.41, 5.74) is 0. The summed E-state index contributed by atoms with van der Waals surface area (Å²) in [6, 6.07) is 14.0. The zero-order valence-corrected chi connectivity index (χ0v) is 16.0. The molecule has 2 rings (SSSR count). The van der Waals surface area contributed by atoms with Gasteiger partial charge >= 0.3 is 0 Å². The molecule has 1 aromatic heterocycles. The van der Waals surface area contributed by atoms with Crippen LogP contribution in [0.15, 0.2) is 48.3 Å². The maximum Gasteiger partial charge on any atom is 0 e. The fourth-order valence-electron chi connectivity index (χ4n) is 0.561. The van der Waals surface area contributed by atoms with Crippen LogP contribution in [0.5, 0.6) is 0 Å². The van der Waals surface area contributed by atoms with Gasteiger partial charge in [0.15, 0.2) is 0 Å². The molecular formula is C13H23Cl2PZr-6. The first kappa shape index (κ1) is 43.2. The van der Waals surface area contributed by atoms with Gasteiger partial charge in [0.05, 0.1) is 0 Å². The molecule has 0 spiro atoms. The Morgan fingerprint density at radius 1 is 0.824 bits per heavy atom. The molecule has 0 fully saturated rings. The van der Waals surface area contributed by atoms with Crippen LogP contribution in [-0.4, -0.2) is 0 Å². The first-order chi connectivity index (χ1) is 5.00. The van der Waals surface area contributed by atoms with E-state index in [9.17, 15) is 0 Å². The molecule has 0 N–H and O–H groups in total. The predicted octanol–water partition coefficient (Wildman–Crippen LogP) is 5.57. The van der Waals surface area contributed by atoms with Crippen molar-refractivity contribution in [1.82, 2.24) is 0 Å². The van der Waals surface area contributed by atoms with Gasteiger partial charge in [-0.25, -0.2) is 18.2 Å². The topological polar surface area (TPSA) is 0 Å². The molecule has 0 radical (unpaired) electrons. The van der Waals surface area contributed by atoms with Crippen LogP contribution >= 0.6 is 33.0 Å². The first-order valence-corrected chi connectivity index (χ1v) is 4.24. The monoisotopic (exact) mass is 370 g/mol. The van der Waals surface area contributed by atoms with Crippen molar-refractivity contribution < 1.29 is 26.2 Å². The van der Waals surface area contributed by atoms with Gasteiger partial charge in [-0.2, -0.15) is 35.9 Å². The van der Waals surface area contributed by atoms with Crippen LogP contribution in [0.4, 0.5) is 0 Å². The van der Waals surface area contributed by atoms with Crippen molar-refractivity contribution >= 4 is 33.0 Å². The van der Waals surface area contributed by atoms with Crippen molar-refractivity contribution in [3.8, 4) is 0 Å². The summed E-state index contributed by atoms with van der Waals surface area (Å²) in [5.74, 6) is 5.11. The van der Waals surface area contributed by atoms with Crippen LogP contribution in [0.1, 0.15) is 0 Å². The SMILES string of the molecule is Cl.Cl.[CH3-].[CH3-].[CH3-].[CH3-].[Zr].[c-]1ccc[pH]1.c1cc[cH-]c1. The molecule has 0 saturated heterocycles. The van der Waals surface area contributed by atoms with Gasteiger partial charge in [-0.1, -0.05) is 0 Å². The maximum atomic E-state index is 3.01. The van der Waals surface area contributed by atoms with Crippen LogP contribution in [0.2, 0.25) is 0 Å². The van der Waals surface area contributed by atoms with Crippen molar-refractivity contribution in [2.75, 3.05) is 0 Å². The minimum atomic E-state index is 0. The molecule has 0 aliphatic rings. The summed E-state index contributed by atoms with van der Waals surface area (Å²) < 4.78 is 0. The molecule has 1 atom stereocenters. The third-order valence-electron chi connectivity index (χ3n) is 0.998. The second kappa shape index (κ2) is 36.0. The molecule has 4 heteroatoms. The van der Waals surface area contributed by atoms with Gasteiger partial charge in [-0.15, -0.1) is 24.8 Å². The van der Waals surface area contributed by atoms with E-state index in [0.29, 0.717) is 0 Å². The smallest absolute Gasteiger partial charge is 0 e. The Bertz CT molecular complexity index is 159. The Labute approximate surface area is 142 Å². The Kier molecular flexibility index (Phi) is 91.3. The Balaban J connectivity index is -0.0000000167. The average Bonchev–Trinajstić information content (AvgIpc) is 2.67. The normalized spacial score (nSPS) is 5.18. The zero-order chi connectivity index (χ0) is 7.07. The van der Waals surface area contributed by atoms with E-state index in [4.69, 9.17) is 0 Å². The summed E-state index contributed by atoms with van der Waals surface area (Å²) in [4.78, 5) is 0. The number of rotatable bonds is 0. The van der Waals surface area contributed by atoms with Gasteiger partial charge in [0.1, 0.15) is 0 Å². The molecular weight excluding hydrogens is 349 g/mol. The second-order valence-electron chi connectivity index (χ2n) is 1.78. The van der Waals surface area contributed by atoms with E-state index in [0.717, 1.165) is 8.19 Å². The van der Waals surface area contributed by atoms with E-state index in [-0.39, 0.29) is 80.7 Å². The van der Waals surface area contributed by atoms with E-state index < -0.39 is 0 Å². The van der Waals surface area contributed by atoms with Gasteiger partial charge in [-0.05, 0) is 0 Å². The molecule has 0 aliphatic heterocycles. The van der Waals surface area contributed by atoms with Gasteiger partial charge in [-0.3, -0.25) is 8.19 Å². The van der Waals surface area contributed by atoms with Gasteiger partial charge in [0, 0.05) is 26.2 Å². The van der Waals surface area contributed by atoms with Crippen LogP contribution in [-0.2, 0) is 26.2 Å². The van der Waals surface area contributed by atoms with Crippen molar-refractivity contribution in [1.29, 1.82) is 0 Å². The molecule has 1 unspecified atom stereocenters. The van der Waals surface area contributed by atoms with E-state index >= 15 is 0 Å². The first-order valence-electron chi connectivity index (χ1n) is 3.16. The summed E-state index contributed by atoms with van der Waals surface area (Å²) in [6.45, 7) is 0. The zero-order valence-electron chi connectivity index (χ0n) is 10.9. The van der Waals surface area contributed by atoms with E-state index in [1.54, 1.807) is 0 Å². The van der Waals surface area contributed by atoms with Crippen molar-refractivity contribution in [2.45, 2.75) is 0 Å². The van der Waals surface area contributed by atoms with Crippen molar-refractivity contribution in [2.24, 2.45) is 0 Å². The molecule has 0 aliphatic carbocycles. The third-order valence-corrected chi connectivity index (χ3v) is 1.69. The second-order valence-corrected chi connectivity index (χ2v) is 2.69. The predicted molar refractivity (Wildman–Crippen MR) is 87.0 cm³/mol. The largest absolute Gasteiger partial charge is 0.358 e. The van der Waals surface area contributed by atoms with Crippen LogP contribution < -0.4 is 0 Å². The summed E-state index contributed by atoms with van der Waals surface area (Å²) in [7, 11) is 0.823. The summed E-state index contributed by atoms with van der Waals surface area (Å²) >= 11 is 0. The number of hydrogen-bond acceptors (Lipinski definition) is 0. The summed E-state index contributed by atoms with van der Waals surface area (Å²) in [6.07, 6.45) is 0. The van der Waals surface area contributed by atoms with Crippen LogP contribution in [0.3, 0.4) is 0 Å². The minimum absolute atomic E-state index is 0. The standard InChI is InChI=1S/C5H5.C4H4P.4CH3.2ClH.Zr/c2*1-2-4-5-3-1;;;;;;;/h1-5H;1-3,5H;4*1H3;2*1H;/q6*-1;;;. The maximum absolute atomic E-state index is 3.01. The van der Waals surface area contributed by atoms with Gasteiger partial charge in [0.25, 0.3) is 0 Å². The molecule has 0 bridgehead atoms.